The molecule has 0 amide bonds. The molecule has 0 aromatic carbocycles. The molecule has 0 rings (SSSR count). The molecule has 0 saturated carbocycles. The van der Waals surface area contributed by atoms with Crippen LogP contribution in [-0.2, 0) is 31.0 Å². The summed E-state index contributed by atoms with van der Waals surface area (Å²) in [5.41, 5.74) is 0. The second-order valence-electron chi connectivity index (χ2n) is 1.13. The molecule has 0 heterocycles. The largest absolute Gasteiger partial charge is 0.300 e. The van der Waals surface area contributed by atoms with Crippen molar-refractivity contribution in [1.29, 1.82) is 5.26 Å². The molecular weight excluding hydrogens is 181 g/mol. The third-order valence-corrected chi connectivity index (χ3v) is 0. The van der Waals surface area contributed by atoms with Crippen molar-refractivity contribution in [3.05, 3.63) is 0 Å². The summed E-state index contributed by atoms with van der Waals surface area (Å²) in [6, 6.07) is 1.75. The van der Waals surface area contributed by atoms with E-state index < -0.39 is 0 Å². The Hall–Kier alpha value is 0.0431. The SMILES string of the molecule is CC#N.CC(C)=O.[Zr]. The van der Waals surface area contributed by atoms with Gasteiger partial charge in [-0.05, 0) is 13.8 Å². The fourth-order valence-electron chi connectivity index (χ4n) is 0. The van der Waals surface area contributed by atoms with Crippen molar-refractivity contribution in [3.63, 3.8) is 0 Å². The van der Waals surface area contributed by atoms with Gasteiger partial charge in [0.2, 0.25) is 0 Å². The van der Waals surface area contributed by atoms with Gasteiger partial charge >= 0.3 is 0 Å². The summed E-state index contributed by atoms with van der Waals surface area (Å²) in [5.74, 6) is 0.167. The molecule has 2 nitrogen and oxygen atoms in total. The van der Waals surface area contributed by atoms with Crippen molar-refractivity contribution >= 4 is 5.78 Å². The average molecular weight is 190 g/mol. The first-order valence-corrected chi connectivity index (χ1v) is 1.93. The Bertz CT molecular complexity index is 80.9. The molecule has 0 aromatic rings. The van der Waals surface area contributed by atoms with Gasteiger partial charge in [0.05, 0.1) is 6.07 Å². The Morgan fingerprint density at radius 2 is 1.50 bits per heavy atom. The van der Waals surface area contributed by atoms with Crippen molar-refractivity contribution < 1.29 is 31.0 Å². The van der Waals surface area contributed by atoms with E-state index in [4.69, 9.17) is 5.26 Å². The van der Waals surface area contributed by atoms with E-state index in [0.717, 1.165) is 0 Å². The maximum atomic E-state index is 9.44. The molecule has 44 valence electrons. The molecule has 0 saturated heterocycles. The maximum Gasteiger partial charge on any atom is 0.126 e. The van der Waals surface area contributed by atoms with Crippen LogP contribution in [0, 0.1) is 11.3 Å². The van der Waals surface area contributed by atoms with Crippen LogP contribution in [-0.4, -0.2) is 5.78 Å². The summed E-state index contributed by atoms with van der Waals surface area (Å²) >= 11 is 0. The van der Waals surface area contributed by atoms with E-state index in [0.29, 0.717) is 0 Å². The van der Waals surface area contributed by atoms with Crippen molar-refractivity contribution in [1.82, 2.24) is 0 Å². The van der Waals surface area contributed by atoms with Gasteiger partial charge in [0, 0.05) is 33.1 Å². The van der Waals surface area contributed by atoms with Crippen molar-refractivity contribution in [2.75, 3.05) is 0 Å². The van der Waals surface area contributed by atoms with Crippen molar-refractivity contribution in [2.45, 2.75) is 20.8 Å². The molecule has 3 heteroatoms. The Morgan fingerprint density at radius 1 is 1.50 bits per heavy atom. The van der Waals surface area contributed by atoms with Crippen LogP contribution in [0.25, 0.3) is 0 Å². The van der Waals surface area contributed by atoms with Crippen LogP contribution in [0.3, 0.4) is 0 Å². The van der Waals surface area contributed by atoms with Gasteiger partial charge in [-0.1, -0.05) is 0 Å². The fourth-order valence-corrected chi connectivity index (χ4v) is 0. The molecule has 0 atom stereocenters. The first-order chi connectivity index (χ1) is 3.15. The van der Waals surface area contributed by atoms with Gasteiger partial charge in [0.1, 0.15) is 5.78 Å². The van der Waals surface area contributed by atoms with E-state index in [-0.39, 0.29) is 32.0 Å². The van der Waals surface area contributed by atoms with Gasteiger partial charge in [-0.2, -0.15) is 5.26 Å². The van der Waals surface area contributed by atoms with Gasteiger partial charge < -0.3 is 4.79 Å². The summed E-state index contributed by atoms with van der Waals surface area (Å²) in [6.45, 7) is 4.49. The number of Topliss-reactive ketones (excluding diaryl/α,β-unsaturated/α-hetero) is 1. The Kier molecular flexibility index (Phi) is 30.9. The normalized spacial score (nSPS) is 4.25. The van der Waals surface area contributed by atoms with Crippen LogP contribution < -0.4 is 0 Å². The maximum absolute atomic E-state index is 9.44. The molecule has 0 aliphatic carbocycles. The number of carbonyl (C=O) groups excluding carboxylic acids is 1. The Labute approximate surface area is 69.0 Å². The monoisotopic (exact) mass is 189 g/mol. The third-order valence-electron chi connectivity index (χ3n) is 0. The number of rotatable bonds is 0. The minimum Gasteiger partial charge on any atom is -0.300 e. The molecule has 0 radical (unpaired) electrons. The zero-order valence-electron chi connectivity index (χ0n) is 5.36. The predicted octanol–water partition coefficient (Wildman–Crippen LogP) is 1.12. The molecule has 0 aliphatic heterocycles. The van der Waals surface area contributed by atoms with Crippen LogP contribution in [0.1, 0.15) is 20.8 Å². The Morgan fingerprint density at radius 3 is 1.50 bits per heavy atom. The van der Waals surface area contributed by atoms with E-state index in [1.54, 1.807) is 6.07 Å². The standard InChI is InChI=1S/C3H6O.C2H3N.Zr/c1-3(2)4;1-2-3;/h1-2H3;1H3;. The van der Waals surface area contributed by atoms with Gasteiger partial charge in [-0.3, -0.25) is 0 Å². The van der Waals surface area contributed by atoms with Crippen LogP contribution in [0.5, 0.6) is 0 Å². The van der Waals surface area contributed by atoms with Crippen LogP contribution in [0.4, 0.5) is 0 Å². The second-order valence-corrected chi connectivity index (χ2v) is 1.13. The third kappa shape index (κ3) is 82700. The quantitative estimate of drug-likeness (QED) is 0.574. The number of nitrogens with zero attached hydrogens (tertiary/aromatic N) is 1. The fraction of sp³-hybridized carbons (Fsp3) is 0.600. The number of nitriles is 1. The van der Waals surface area contributed by atoms with Crippen LogP contribution in [0.2, 0.25) is 0 Å². The first kappa shape index (κ1) is 15.7. The first-order valence-electron chi connectivity index (χ1n) is 1.93. The second kappa shape index (κ2) is 15.7. The topological polar surface area (TPSA) is 40.9 Å². The Balaban J connectivity index is -0.0000000575. The van der Waals surface area contributed by atoms with Crippen molar-refractivity contribution in [3.8, 4) is 6.07 Å². The van der Waals surface area contributed by atoms with Gasteiger partial charge in [0.15, 0.2) is 0 Å². The summed E-state index contributed by atoms with van der Waals surface area (Å²) in [6.07, 6.45) is 0. The molecule has 0 aliphatic rings. The average Bonchev–Trinajstić information content (AvgIpc) is 1.33. The predicted molar refractivity (Wildman–Crippen MR) is 27.6 cm³/mol. The number of carbonyl (C=O) groups is 1. The molecule has 8 heavy (non-hydrogen) atoms. The summed E-state index contributed by atoms with van der Waals surface area (Å²) in [5, 5.41) is 7.32. The zero-order chi connectivity index (χ0) is 6.28. The molecule has 0 unspecified atom stereocenters. The number of hydrogen-bond donors (Lipinski definition) is 0. The van der Waals surface area contributed by atoms with Crippen LogP contribution >= 0.6 is 0 Å². The van der Waals surface area contributed by atoms with E-state index >= 15 is 0 Å². The minimum absolute atomic E-state index is 0. The van der Waals surface area contributed by atoms with Gasteiger partial charge in [-0.15, -0.1) is 0 Å². The van der Waals surface area contributed by atoms with Gasteiger partial charge in [0.25, 0.3) is 0 Å². The van der Waals surface area contributed by atoms with Crippen molar-refractivity contribution in [2.24, 2.45) is 0 Å². The zero-order valence-corrected chi connectivity index (χ0v) is 7.81. The molecule has 0 aromatic heterocycles. The van der Waals surface area contributed by atoms with Crippen LogP contribution in [0.15, 0.2) is 0 Å². The molecule has 0 spiro atoms. The smallest absolute Gasteiger partial charge is 0.126 e. The van der Waals surface area contributed by atoms with Gasteiger partial charge in [-0.25, -0.2) is 0 Å². The molecule has 0 bridgehead atoms. The van der Waals surface area contributed by atoms with E-state index in [1.165, 1.54) is 20.8 Å². The van der Waals surface area contributed by atoms with E-state index in [9.17, 15) is 4.79 Å². The molecular formula is C5H9NOZr. The summed E-state index contributed by atoms with van der Waals surface area (Å²) in [7, 11) is 0. The number of ketones is 1. The summed E-state index contributed by atoms with van der Waals surface area (Å²) in [4.78, 5) is 9.44. The number of hydrogen-bond acceptors (Lipinski definition) is 2. The summed E-state index contributed by atoms with van der Waals surface area (Å²) < 4.78 is 0. The minimum atomic E-state index is 0. The van der Waals surface area contributed by atoms with E-state index in [1.807, 2.05) is 0 Å². The molecule has 0 N–H and O–H groups in total. The molecule has 0 fully saturated rings. The van der Waals surface area contributed by atoms with E-state index in [2.05, 4.69) is 0 Å².